The second kappa shape index (κ2) is 20.5. The molecule has 14 aromatic carbocycles. The molecule has 0 bridgehead atoms. The van der Waals surface area contributed by atoms with E-state index < -0.39 is 16.1 Å². The second-order valence-corrected chi connectivity index (χ2v) is 39.0. The lowest BCUT2D eigenvalue weighted by Gasteiger charge is -2.19. The molecule has 4 aromatic heterocycles. The van der Waals surface area contributed by atoms with Crippen molar-refractivity contribution in [2.75, 3.05) is 0 Å². The van der Waals surface area contributed by atoms with E-state index in [9.17, 15) is 0 Å². The van der Waals surface area contributed by atoms with Crippen LogP contribution in [-0.4, -0.2) is 25.3 Å². The predicted molar refractivity (Wildman–Crippen MR) is 422 cm³/mol. The predicted octanol–water partition coefficient (Wildman–Crippen LogP) is 23.2. The van der Waals surface area contributed by atoms with Crippen LogP contribution >= 0.6 is 22.7 Å². The van der Waals surface area contributed by atoms with Crippen LogP contribution in [0, 0.1) is 13.8 Å². The SMILES string of the molecule is Cc1ccc2sc3ccc(-c4ccc5c(c4)c4cc(-c6ccc7c(c6)c6cc(-c8ccc9sc%10ccc(C)cc%10c9c8)ccc6n7-c6ccc(-c7ccc8c(c7)[Si](C)(C)c7ccccc7-8)cc6)ccc4n5-c4ccc(-c5ccc6c(c5)[Si](C)(C)c5ccccc5-6)cc4)cc3c2c1. The molecule has 0 unspecified atom stereocenters. The van der Waals surface area contributed by atoms with E-state index in [1.807, 2.05) is 22.7 Å². The highest BCUT2D eigenvalue weighted by atomic mass is 32.1. The Morgan fingerprint density at radius 2 is 0.500 bits per heavy atom. The zero-order chi connectivity index (χ0) is 64.0. The van der Waals surface area contributed by atoms with Gasteiger partial charge in [0.15, 0.2) is 0 Å². The Bertz CT molecular complexity index is 6020. The topological polar surface area (TPSA) is 9.86 Å². The quantitative estimate of drug-likeness (QED) is 0.141. The molecule has 6 heteroatoms. The average molecular weight is 1290 g/mol. The van der Waals surface area contributed by atoms with Crippen LogP contribution in [0.15, 0.2) is 279 Å². The fraction of sp³-hybridized carbons (Fsp3) is 0.0667. The van der Waals surface area contributed by atoms with Gasteiger partial charge < -0.3 is 9.13 Å². The Labute approximate surface area is 567 Å². The maximum absolute atomic E-state index is 2.51. The van der Waals surface area contributed by atoms with Gasteiger partial charge in [0.25, 0.3) is 0 Å². The zero-order valence-electron chi connectivity index (χ0n) is 54.3. The minimum atomic E-state index is -1.84. The number of hydrogen-bond donors (Lipinski definition) is 0. The van der Waals surface area contributed by atoms with Gasteiger partial charge >= 0.3 is 0 Å². The Hall–Kier alpha value is -10.4. The van der Waals surface area contributed by atoms with E-state index in [1.54, 1.807) is 0 Å². The number of nitrogens with zero attached hydrogens (tertiary/aromatic N) is 2. The highest BCUT2D eigenvalue weighted by Gasteiger charge is 2.39. The highest BCUT2D eigenvalue weighted by molar-refractivity contribution is 7.26. The summed E-state index contributed by atoms with van der Waals surface area (Å²) in [5.41, 5.74) is 27.5. The molecule has 2 aliphatic heterocycles. The number of fused-ring (bicyclic) bond motifs is 18. The molecule has 0 saturated carbocycles. The Morgan fingerprint density at radius 3 is 0.865 bits per heavy atom. The van der Waals surface area contributed by atoms with Crippen molar-refractivity contribution in [3.05, 3.63) is 290 Å². The van der Waals surface area contributed by atoms with Gasteiger partial charge in [0, 0.05) is 73.3 Å². The van der Waals surface area contributed by atoms with Crippen molar-refractivity contribution >= 4 is 144 Å². The molecule has 2 aliphatic rings. The van der Waals surface area contributed by atoms with Gasteiger partial charge in [-0.05, 0) is 234 Å². The summed E-state index contributed by atoms with van der Waals surface area (Å²) >= 11 is 3.76. The summed E-state index contributed by atoms with van der Waals surface area (Å²) in [5.74, 6) is 0. The van der Waals surface area contributed by atoms with E-state index in [1.165, 1.54) is 194 Å². The molecule has 0 N–H and O–H groups in total. The third-order valence-electron chi connectivity index (χ3n) is 21.9. The molecule has 0 atom stereocenters. The van der Waals surface area contributed by atoms with Crippen LogP contribution in [-0.2, 0) is 0 Å². The second-order valence-electron chi connectivity index (χ2n) is 28.2. The number of rotatable bonds is 7. The molecule has 0 aliphatic carbocycles. The molecule has 2 nitrogen and oxygen atoms in total. The molecule has 0 spiro atoms. The van der Waals surface area contributed by atoms with Crippen LogP contribution < -0.4 is 20.7 Å². The Morgan fingerprint density at radius 1 is 0.229 bits per heavy atom. The Balaban J connectivity index is 0.735. The van der Waals surface area contributed by atoms with Crippen molar-refractivity contribution < 1.29 is 0 Å². The van der Waals surface area contributed by atoms with Crippen LogP contribution in [0.5, 0.6) is 0 Å². The smallest absolute Gasteiger partial charge is 0.113 e. The van der Waals surface area contributed by atoms with E-state index in [-0.39, 0.29) is 0 Å². The summed E-state index contributed by atoms with van der Waals surface area (Å²) in [6, 6.07) is 108. The minimum absolute atomic E-state index is 1.15. The highest BCUT2D eigenvalue weighted by Crippen LogP contribution is 2.45. The third kappa shape index (κ3) is 8.32. The van der Waals surface area contributed by atoms with Crippen LogP contribution in [0.4, 0.5) is 0 Å². The van der Waals surface area contributed by atoms with Gasteiger partial charge in [-0.2, -0.15) is 0 Å². The van der Waals surface area contributed by atoms with Gasteiger partial charge in [0.05, 0.1) is 22.1 Å². The molecule has 20 rings (SSSR count). The van der Waals surface area contributed by atoms with Gasteiger partial charge in [-0.3, -0.25) is 0 Å². The molecule has 18 aromatic rings. The van der Waals surface area contributed by atoms with Crippen molar-refractivity contribution in [3.63, 3.8) is 0 Å². The first-order chi connectivity index (χ1) is 46.8. The lowest BCUT2D eigenvalue weighted by molar-refractivity contribution is 1.18. The third-order valence-corrected chi connectivity index (χ3v) is 31.3. The Kier molecular flexibility index (Phi) is 12.0. The summed E-state index contributed by atoms with van der Waals surface area (Å²) in [5, 5.41) is 16.4. The summed E-state index contributed by atoms with van der Waals surface area (Å²) in [4.78, 5) is 0. The van der Waals surface area contributed by atoms with Crippen LogP contribution in [0.3, 0.4) is 0 Å². The maximum atomic E-state index is 2.51. The molecule has 6 heterocycles. The lowest BCUT2D eigenvalue weighted by atomic mass is 9.97. The van der Waals surface area contributed by atoms with Gasteiger partial charge in [0.1, 0.15) is 16.1 Å². The maximum Gasteiger partial charge on any atom is 0.113 e. The molecule has 96 heavy (non-hydrogen) atoms. The fourth-order valence-electron chi connectivity index (χ4n) is 16.8. The molecule has 0 fully saturated rings. The van der Waals surface area contributed by atoms with Crippen molar-refractivity contribution in [1.82, 2.24) is 9.13 Å². The molecule has 0 amide bonds. The van der Waals surface area contributed by atoms with Crippen molar-refractivity contribution in [2.24, 2.45) is 0 Å². The first kappa shape index (κ1) is 56.0. The van der Waals surface area contributed by atoms with Gasteiger partial charge in [-0.25, -0.2) is 0 Å². The van der Waals surface area contributed by atoms with E-state index in [4.69, 9.17) is 0 Å². The summed E-state index contributed by atoms with van der Waals surface area (Å²) in [6.45, 7) is 14.4. The first-order valence-electron chi connectivity index (χ1n) is 33.6. The summed E-state index contributed by atoms with van der Waals surface area (Å²) < 4.78 is 10.3. The van der Waals surface area contributed by atoms with Crippen molar-refractivity contribution in [2.45, 2.75) is 40.0 Å². The van der Waals surface area contributed by atoms with Crippen molar-refractivity contribution in [3.8, 4) is 89.3 Å². The number of aryl methyl sites for hydroxylation is 2. The standard InChI is InChI=1S/C90H64N2S2Si2/c1-53-15-39-83-75(43-53)77-49-61(27-41-85(77)93-83)59-25-37-81-73(47-59)71-45-57(23-35-79(71)91(81)65-29-17-55(18-30-65)63-21-33-69-67-11-7-9-13-87(67)95(3,4)89(69)51-63)58-24-36-80-72(46-58)74-48-60(62-28-42-86-78(50-62)76-44-54(2)16-40-84(76)94-86)26-38-82(74)92(80)66-31-19-56(20-32-66)64-22-34-70-68-12-8-10-14-88(68)96(5,6)90(70)52-64/h7-52H,1-6H3. The first-order valence-corrected chi connectivity index (χ1v) is 41.2. The normalized spacial score (nSPS) is 13.7. The average Bonchev–Trinajstić information content (AvgIpc) is 1.60. The van der Waals surface area contributed by atoms with Gasteiger partial charge in [0.2, 0.25) is 0 Å². The van der Waals surface area contributed by atoms with E-state index >= 15 is 0 Å². The van der Waals surface area contributed by atoms with E-state index in [2.05, 4.69) is 328 Å². The van der Waals surface area contributed by atoms with Crippen molar-refractivity contribution in [1.29, 1.82) is 0 Å². The number of aromatic nitrogens is 2. The lowest BCUT2D eigenvalue weighted by Crippen LogP contribution is -2.49. The van der Waals surface area contributed by atoms with Gasteiger partial charge in [-0.1, -0.05) is 195 Å². The van der Waals surface area contributed by atoms with Gasteiger partial charge in [-0.15, -0.1) is 22.7 Å². The molecular weight excluding hydrogens is 1230 g/mol. The fourth-order valence-corrected chi connectivity index (χ4v) is 25.2. The number of thiophene rings is 2. The number of benzene rings is 14. The summed E-state index contributed by atoms with van der Waals surface area (Å²) in [7, 11) is -3.68. The molecular formula is C90H64N2S2Si2. The minimum Gasteiger partial charge on any atom is -0.309 e. The molecule has 0 radical (unpaired) electrons. The number of hydrogen-bond acceptors (Lipinski definition) is 2. The van der Waals surface area contributed by atoms with Crippen LogP contribution in [0.25, 0.3) is 173 Å². The zero-order valence-corrected chi connectivity index (χ0v) is 57.9. The molecule has 0 saturated heterocycles. The molecule has 454 valence electrons. The van der Waals surface area contributed by atoms with Crippen LogP contribution in [0.1, 0.15) is 11.1 Å². The summed E-state index contributed by atoms with van der Waals surface area (Å²) in [6.07, 6.45) is 0. The van der Waals surface area contributed by atoms with E-state index in [0.717, 1.165) is 11.4 Å². The van der Waals surface area contributed by atoms with E-state index in [0.29, 0.717) is 0 Å². The largest absolute Gasteiger partial charge is 0.309 e. The van der Waals surface area contributed by atoms with Crippen LogP contribution in [0.2, 0.25) is 26.2 Å². The monoisotopic (exact) mass is 1290 g/mol.